The summed E-state index contributed by atoms with van der Waals surface area (Å²) >= 11 is 0. The van der Waals surface area contributed by atoms with E-state index < -0.39 is 23.6 Å². The number of halogens is 1. The van der Waals surface area contributed by atoms with E-state index in [1.807, 2.05) is 0 Å². The minimum absolute atomic E-state index is 0.0378. The number of hydrogen-bond donors (Lipinski definition) is 3. The molecule has 0 aromatic heterocycles. The molecule has 6 nitrogen and oxygen atoms in total. The van der Waals surface area contributed by atoms with Crippen LogP contribution in [0, 0.1) is 5.82 Å². The third-order valence-corrected chi connectivity index (χ3v) is 2.23. The number of aliphatic carboxylic acids is 1. The van der Waals surface area contributed by atoms with Gasteiger partial charge in [-0.05, 0) is 18.6 Å². The van der Waals surface area contributed by atoms with E-state index in [9.17, 15) is 18.8 Å². The van der Waals surface area contributed by atoms with Crippen LogP contribution in [0.5, 0.6) is 0 Å². The second kappa shape index (κ2) is 7.10. The van der Waals surface area contributed by atoms with Gasteiger partial charge in [-0.2, -0.15) is 0 Å². The van der Waals surface area contributed by atoms with Gasteiger partial charge in [0.15, 0.2) is 0 Å². The average Bonchev–Trinajstić information content (AvgIpc) is 2.36. The maximum atomic E-state index is 13.2. The van der Waals surface area contributed by atoms with E-state index in [-0.39, 0.29) is 24.8 Å². The predicted molar refractivity (Wildman–Crippen MR) is 63.5 cm³/mol. The van der Waals surface area contributed by atoms with Crippen LogP contribution in [0.4, 0.5) is 4.39 Å². The van der Waals surface area contributed by atoms with Gasteiger partial charge in [-0.1, -0.05) is 12.1 Å². The van der Waals surface area contributed by atoms with Crippen LogP contribution in [0.3, 0.4) is 0 Å². The Labute approximate surface area is 108 Å². The van der Waals surface area contributed by atoms with Crippen LogP contribution >= 0.6 is 0 Å². The minimum Gasteiger partial charge on any atom is -0.481 e. The third kappa shape index (κ3) is 5.15. The maximum Gasteiger partial charge on any atom is 0.303 e. The molecule has 3 N–H and O–H groups in total. The molecule has 0 atom stereocenters. The summed E-state index contributed by atoms with van der Waals surface area (Å²) < 4.78 is 13.2. The monoisotopic (exact) mass is 268 g/mol. The van der Waals surface area contributed by atoms with Crippen molar-refractivity contribution in [3.8, 4) is 0 Å². The highest BCUT2D eigenvalue weighted by Gasteiger charge is 2.11. The van der Waals surface area contributed by atoms with Crippen LogP contribution in [0.2, 0.25) is 0 Å². The zero-order valence-corrected chi connectivity index (χ0v) is 9.98. The first-order chi connectivity index (χ1) is 9.00. The summed E-state index contributed by atoms with van der Waals surface area (Å²) in [5.74, 6) is -3.00. The fourth-order valence-electron chi connectivity index (χ4n) is 1.30. The lowest BCUT2D eigenvalue weighted by Gasteiger charge is -2.07. The molecule has 2 amide bonds. The van der Waals surface area contributed by atoms with E-state index in [1.54, 1.807) is 0 Å². The zero-order valence-electron chi connectivity index (χ0n) is 9.98. The number of hydrazine groups is 1. The van der Waals surface area contributed by atoms with E-state index in [4.69, 9.17) is 5.11 Å². The predicted octanol–water partition coefficient (Wildman–Crippen LogP) is 0.842. The summed E-state index contributed by atoms with van der Waals surface area (Å²) in [5, 5.41) is 8.38. The lowest BCUT2D eigenvalue weighted by Crippen LogP contribution is -2.41. The molecule has 0 aliphatic heterocycles. The van der Waals surface area contributed by atoms with Crippen LogP contribution in [0.15, 0.2) is 24.3 Å². The Morgan fingerprint density at radius 1 is 1.11 bits per heavy atom. The third-order valence-electron chi connectivity index (χ3n) is 2.23. The molecule has 0 radical (unpaired) electrons. The molecule has 0 bridgehead atoms. The molecular formula is C12H13FN2O4. The van der Waals surface area contributed by atoms with Gasteiger partial charge in [0.25, 0.3) is 5.91 Å². The van der Waals surface area contributed by atoms with E-state index in [2.05, 4.69) is 10.9 Å². The van der Waals surface area contributed by atoms with Crippen LogP contribution in [0.1, 0.15) is 29.6 Å². The van der Waals surface area contributed by atoms with Crippen molar-refractivity contribution in [3.63, 3.8) is 0 Å². The van der Waals surface area contributed by atoms with E-state index in [0.29, 0.717) is 0 Å². The van der Waals surface area contributed by atoms with Gasteiger partial charge < -0.3 is 5.11 Å². The van der Waals surface area contributed by atoms with Crippen molar-refractivity contribution in [2.45, 2.75) is 19.3 Å². The largest absolute Gasteiger partial charge is 0.481 e. The molecular weight excluding hydrogens is 255 g/mol. The van der Waals surface area contributed by atoms with Crippen LogP contribution in [0.25, 0.3) is 0 Å². The highest BCUT2D eigenvalue weighted by Crippen LogP contribution is 2.05. The van der Waals surface area contributed by atoms with Gasteiger partial charge >= 0.3 is 5.97 Å². The summed E-state index contributed by atoms with van der Waals surface area (Å²) in [6.45, 7) is 0. The van der Waals surface area contributed by atoms with Crippen LogP contribution in [-0.2, 0) is 9.59 Å². The minimum atomic E-state index is -0.997. The first kappa shape index (κ1) is 14.6. The quantitative estimate of drug-likeness (QED) is 0.689. The number of carbonyl (C=O) groups is 3. The van der Waals surface area contributed by atoms with Gasteiger partial charge in [-0.25, -0.2) is 4.39 Å². The van der Waals surface area contributed by atoms with Crippen LogP contribution < -0.4 is 10.9 Å². The molecule has 1 aromatic carbocycles. The van der Waals surface area contributed by atoms with Gasteiger partial charge in [0.05, 0.1) is 5.56 Å². The fraction of sp³-hybridized carbons (Fsp3) is 0.250. The number of rotatable bonds is 5. The Bertz CT molecular complexity index is 490. The van der Waals surface area contributed by atoms with E-state index >= 15 is 0 Å². The molecule has 0 saturated heterocycles. The van der Waals surface area contributed by atoms with Gasteiger partial charge in [-0.3, -0.25) is 25.2 Å². The molecule has 0 fully saturated rings. The smallest absolute Gasteiger partial charge is 0.303 e. The van der Waals surface area contributed by atoms with Gasteiger partial charge in [0.2, 0.25) is 5.91 Å². The molecule has 0 aliphatic rings. The lowest BCUT2D eigenvalue weighted by atomic mass is 10.2. The molecule has 102 valence electrons. The number of benzene rings is 1. The summed E-state index contributed by atoms with van der Waals surface area (Å²) in [6.07, 6.45) is -0.00470. The number of amides is 2. The Morgan fingerprint density at radius 3 is 2.42 bits per heavy atom. The highest BCUT2D eigenvalue weighted by atomic mass is 19.1. The number of carbonyl (C=O) groups excluding carboxylic acids is 2. The molecule has 0 saturated carbocycles. The molecule has 1 aromatic rings. The summed E-state index contributed by atoms with van der Waals surface area (Å²) in [7, 11) is 0. The number of nitrogens with one attached hydrogen (secondary N) is 2. The standard InChI is InChI=1S/C12H13FN2O4/c13-9-5-2-1-4-8(9)12(19)15-14-10(16)6-3-7-11(17)18/h1-2,4-5H,3,6-7H2,(H,14,16)(H,15,19)(H,17,18). The highest BCUT2D eigenvalue weighted by molar-refractivity contribution is 5.95. The average molecular weight is 268 g/mol. The molecule has 19 heavy (non-hydrogen) atoms. The topological polar surface area (TPSA) is 95.5 Å². The zero-order chi connectivity index (χ0) is 14.3. The Kier molecular flexibility index (Phi) is 5.46. The molecule has 0 heterocycles. The maximum absolute atomic E-state index is 13.2. The second-order valence-corrected chi connectivity index (χ2v) is 3.73. The lowest BCUT2D eigenvalue weighted by molar-refractivity contribution is -0.137. The Morgan fingerprint density at radius 2 is 1.79 bits per heavy atom. The first-order valence-electron chi connectivity index (χ1n) is 5.56. The van der Waals surface area contributed by atoms with Crippen molar-refractivity contribution >= 4 is 17.8 Å². The Balaban J connectivity index is 2.36. The molecule has 0 aliphatic carbocycles. The fourth-order valence-corrected chi connectivity index (χ4v) is 1.30. The molecule has 1 rings (SSSR count). The van der Waals surface area contributed by atoms with Crippen molar-refractivity contribution in [3.05, 3.63) is 35.6 Å². The SMILES string of the molecule is O=C(O)CCCC(=O)NNC(=O)c1ccccc1F. The van der Waals surface area contributed by atoms with Gasteiger partial charge in [0.1, 0.15) is 5.82 Å². The molecule has 0 unspecified atom stereocenters. The number of hydrogen-bond acceptors (Lipinski definition) is 3. The summed E-state index contributed by atoms with van der Waals surface area (Å²) in [5.41, 5.74) is 3.95. The van der Waals surface area contributed by atoms with E-state index in [1.165, 1.54) is 18.2 Å². The second-order valence-electron chi connectivity index (χ2n) is 3.73. The molecule has 0 spiro atoms. The van der Waals surface area contributed by atoms with Crippen molar-refractivity contribution in [2.24, 2.45) is 0 Å². The van der Waals surface area contributed by atoms with Crippen molar-refractivity contribution in [1.82, 2.24) is 10.9 Å². The van der Waals surface area contributed by atoms with Crippen molar-refractivity contribution in [1.29, 1.82) is 0 Å². The van der Waals surface area contributed by atoms with Gasteiger partial charge in [-0.15, -0.1) is 0 Å². The normalized spacial score (nSPS) is 9.74. The summed E-state index contributed by atoms with van der Waals surface area (Å²) in [4.78, 5) is 33.0. The Hall–Kier alpha value is -2.44. The van der Waals surface area contributed by atoms with Gasteiger partial charge in [0, 0.05) is 12.8 Å². The van der Waals surface area contributed by atoms with Crippen LogP contribution in [-0.4, -0.2) is 22.9 Å². The number of carboxylic acids is 1. The summed E-state index contributed by atoms with van der Waals surface area (Å²) in [6, 6.07) is 5.34. The number of carboxylic acid groups (broad SMARTS) is 1. The molecule has 7 heteroatoms. The van der Waals surface area contributed by atoms with E-state index in [0.717, 1.165) is 6.07 Å². The van der Waals surface area contributed by atoms with Crippen molar-refractivity contribution < 1.29 is 23.9 Å². The van der Waals surface area contributed by atoms with Crippen molar-refractivity contribution in [2.75, 3.05) is 0 Å². The first-order valence-corrected chi connectivity index (χ1v) is 5.56.